The fraction of sp³-hybridized carbons (Fsp3) is 0.385. The lowest BCUT2D eigenvalue weighted by atomic mass is 9.99. The van der Waals surface area contributed by atoms with Crippen molar-refractivity contribution in [3.63, 3.8) is 0 Å². The molecule has 0 aromatic heterocycles. The molecule has 0 saturated carbocycles. The van der Waals surface area contributed by atoms with E-state index in [2.05, 4.69) is 22.6 Å². The van der Waals surface area contributed by atoms with Crippen molar-refractivity contribution >= 4 is 34.5 Å². The molecule has 0 unspecified atom stereocenters. The van der Waals surface area contributed by atoms with Crippen molar-refractivity contribution in [1.82, 2.24) is 0 Å². The second-order valence-electron chi connectivity index (χ2n) is 3.49. The third-order valence-corrected chi connectivity index (χ3v) is 2.97. The molecule has 0 aliphatic rings. The Bertz CT molecular complexity index is 396. The number of hydrogen-bond donors (Lipinski definition) is 0. The fourth-order valence-electron chi connectivity index (χ4n) is 1.47. The molecule has 5 heteroatoms. The van der Waals surface area contributed by atoms with Crippen molar-refractivity contribution in [1.29, 1.82) is 0 Å². The molecule has 98 valence electrons. The maximum Gasteiger partial charge on any atom is 0.324 e. The minimum absolute atomic E-state index is 0.235. The minimum Gasteiger partial charge on any atom is -0.465 e. The van der Waals surface area contributed by atoms with Crippen molar-refractivity contribution in [2.24, 2.45) is 0 Å². The molecular weight excluding hydrogens is 347 g/mol. The summed E-state index contributed by atoms with van der Waals surface area (Å²) >= 11 is 2.16. The molecule has 0 aliphatic heterocycles. The van der Waals surface area contributed by atoms with Gasteiger partial charge in [-0.15, -0.1) is 0 Å². The number of carbonyl (C=O) groups excluding carboxylic acids is 2. The molecule has 0 radical (unpaired) electrons. The number of esters is 2. The largest absolute Gasteiger partial charge is 0.465 e. The molecule has 1 rings (SSSR count). The predicted octanol–water partition coefficient (Wildman–Crippen LogP) is 2.50. The summed E-state index contributed by atoms with van der Waals surface area (Å²) in [7, 11) is 0. The third-order valence-electron chi connectivity index (χ3n) is 2.25. The molecule has 0 spiro atoms. The number of hydrogen-bond acceptors (Lipinski definition) is 4. The SMILES string of the molecule is CCOC(=O)C(C(=O)OCC)c1ccc(I)cc1. The van der Waals surface area contributed by atoms with Gasteiger partial charge in [-0.05, 0) is 54.1 Å². The Morgan fingerprint density at radius 1 is 1.06 bits per heavy atom. The van der Waals surface area contributed by atoms with Crippen LogP contribution in [0.25, 0.3) is 0 Å². The maximum absolute atomic E-state index is 11.8. The lowest BCUT2D eigenvalue weighted by Gasteiger charge is -2.14. The van der Waals surface area contributed by atoms with Gasteiger partial charge in [0.2, 0.25) is 0 Å². The zero-order valence-electron chi connectivity index (χ0n) is 10.3. The fourth-order valence-corrected chi connectivity index (χ4v) is 1.83. The van der Waals surface area contributed by atoms with Gasteiger partial charge in [0.15, 0.2) is 5.92 Å². The Morgan fingerprint density at radius 3 is 1.89 bits per heavy atom. The number of ether oxygens (including phenoxy) is 2. The van der Waals surface area contributed by atoms with Crippen molar-refractivity contribution in [3.05, 3.63) is 33.4 Å². The molecule has 0 bridgehead atoms. The Morgan fingerprint density at radius 2 is 1.50 bits per heavy atom. The number of halogens is 1. The Balaban J connectivity index is 2.99. The van der Waals surface area contributed by atoms with E-state index in [1.165, 1.54) is 0 Å². The summed E-state index contributed by atoms with van der Waals surface area (Å²) in [5.41, 5.74) is 0.590. The highest BCUT2D eigenvalue weighted by Gasteiger charge is 2.31. The monoisotopic (exact) mass is 362 g/mol. The second-order valence-corrected chi connectivity index (χ2v) is 4.73. The first-order valence-corrected chi connectivity index (χ1v) is 6.76. The molecule has 1 aromatic carbocycles. The molecular formula is C13H15IO4. The van der Waals surface area contributed by atoms with E-state index in [9.17, 15) is 9.59 Å². The first-order chi connectivity index (χ1) is 8.60. The van der Waals surface area contributed by atoms with Gasteiger partial charge in [-0.1, -0.05) is 12.1 Å². The first-order valence-electron chi connectivity index (χ1n) is 5.68. The van der Waals surface area contributed by atoms with Crippen LogP contribution in [0.3, 0.4) is 0 Å². The highest BCUT2D eigenvalue weighted by molar-refractivity contribution is 14.1. The van der Waals surface area contributed by atoms with Gasteiger partial charge in [-0.2, -0.15) is 0 Å². The van der Waals surface area contributed by atoms with Crippen LogP contribution in [0.1, 0.15) is 25.3 Å². The smallest absolute Gasteiger partial charge is 0.324 e. The number of benzene rings is 1. The van der Waals surface area contributed by atoms with Crippen molar-refractivity contribution < 1.29 is 19.1 Å². The third kappa shape index (κ3) is 3.97. The van der Waals surface area contributed by atoms with Crippen molar-refractivity contribution in [2.45, 2.75) is 19.8 Å². The second kappa shape index (κ2) is 7.35. The molecule has 0 saturated heterocycles. The average molecular weight is 362 g/mol. The summed E-state index contributed by atoms with van der Waals surface area (Å²) in [6.07, 6.45) is 0. The number of rotatable bonds is 5. The van der Waals surface area contributed by atoms with Crippen molar-refractivity contribution in [2.75, 3.05) is 13.2 Å². The van der Waals surface area contributed by atoms with E-state index in [1.54, 1.807) is 26.0 Å². The zero-order valence-corrected chi connectivity index (χ0v) is 12.5. The molecule has 1 aromatic rings. The summed E-state index contributed by atoms with van der Waals surface area (Å²) < 4.78 is 10.9. The molecule has 0 aliphatic carbocycles. The molecule has 0 fully saturated rings. The van der Waals surface area contributed by atoms with Gasteiger partial charge in [0.25, 0.3) is 0 Å². The van der Waals surface area contributed by atoms with E-state index in [0.29, 0.717) is 5.56 Å². The van der Waals surface area contributed by atoms with Crippen LogP contribution in [0.5, 0.6) is 0 Å². The topological polar surface area (TPSA) is 52.6 Å². The normalized spacial score (nSPS) is 10.2. The highest BCUT2D eigenvalue weighted by atomic mass is 127. The maximum atomic E-state index is 11.8. The van der Waals surface area contributed by atoms with E-state index >= 15 is 0 Å². The van der Waals surface area contributed by atoms with Gasteiger partial charge >= 0.3 is 11.9 Å². The summed E-state index contributed by atoms with van der Waals surface area (Å²) in [5.74, 6) is -2.14. The Kier molecular flexibility index (Phi) is 6.11. The zero-order chi connectivity index (χ0) is 13.5. The number of carbonyl (C=O) groups is 2. The van der Waals surface area contributed by atoms with E-state index in [1.807, 2.05) is 12.1 Å². The van der Waals surface area contributed by atoms with Crippen LogP contribution in [0.15, 0.2) is 24.3 Å². The molecule has 0 atom stereocenters. The van der Waals surface area contributed by atoms with E-state index < -0.39 is 17.9 Å². The summed E-state index contributed by atoms with van der Waals surface area (Å²) in [6.45, 7) is 3.88. The highest BCUT2D eigenvalue weighted by Crippen LogP contribution is 2.20. The van der Waals surface area contributed by atoms with Gasteiger partial charge in [-0.3, -0.25) is 9.59 Å². The van der Waals surface area contributed by atoms with Gasteiger partial charge < -0.3 is 9.47 Å². The summed E-state index contributed by atoms with van der Waals surface area (Å²) in [5, 5.41) is 0. The quantitative estimate of drug-likeness (QED) is 0.459. The van der Waals surface area contributed by atoms with Gasteiger partial charge in [0.1, 0.15) is 0 Å². The lowest BCUT2D eigenvalue weighted by Crippen LogP contribution is -2.26. The van der Waals surface area contributed by atoms with Crippen LogP contribution in [0, 0.1) is 3.57 Å². The average Bonchev–Trinajstić information content (AvgIpc) is 2.33. The van der Waals surface area contributed by atoms with E-state index in [4.69, 9.17) is 9.47 Å². The summed E-state index contributed by atoms with van der Waals surface area (Å²) in [6, 6.07) is 7.14. The van der Waals surface area contributed by atoms with Crippen molar-refractivity contribution in [3.8, 4) is 0 Å². The van der Waals surface area contributed by atoms with Crippen LogP contribution in [0.4, 0.5) is 0 Å². The molecule has 4 nitrogen and oxygen atoms in total. The standard InChI is InChI=1S/C13H15IO4/c1-3-17-12(15)11(13(16)18-4-2)9-5-7-10(14)8-6-9/h5-8,11H,3-4H2,1-2H3. The molecule has 18 heavy (non-hydrogen) atoms. The summed E-state index contributed by atoms with van der Waals surface area (Å²) in [4.78, 5) is 23.6. The van der Waals surface area contributed by atoms with Crippen LogP contribution in [-0.4, -0.2) is 25.2 Å². The molecule has 0 heterocycles. The van der Waals surface area contributed by atoms with Gasteiger partial charge in [-0.25, -0.2) is 0 Å². The predicted molar refractivity (Wildman–Crippen MR) is 75.2 cm³/mol. The van der Waals surface area contributed by atoms with Crippen LogP contribution < -0.4 is 0 Å². The van der Waals surface area contributed by atoms with Crippen LogP contribution in [-0.2, 0) is 19.1 Å². The molecule has 0 amide bonds. The molecule has 0 N–H and O–H groups in total. The van der Waals surface area contributed by atoms with Gasteiger partial charge in [0.05, 0.1) is 13.2 Å². The van der Waals surface area contributed by atoms with Gasteiger partial charge in [0, 0.05) is 3.57 Å². The Labute approximate surface area is 120 Å². The van der Waals surface area contributed by atoms with Crippen LogP contribution >= 0.6 is 22.6 Å². The first kappa shape index (κ1) is 14.9. The van der Waals surface area contributed by atoms with Crippen LogP contribution in [0.2, 0.25) is 0 Å². The Hall–Kier alpha value is -1.11. The lowest BCUT2D eigenvalue weighted by molar-refractivity contribution is -0.156. The van der Waals surface area contributed by atoms with E-state index in [0.717, 1.165) is 3.57 Å². The van der Waals surface area contributed by atoms with E-state index in [-0.39, 0.29) is 13.2 Å². The minimum atomic E-state index is -0.998.